The number of nitriles is 1. The van der Waals surface area contributed by atoms with Crippen LogP contribution in [0.1, 0.15) is 16.3 Å². The van der Waals surface area contributed by atoms with E-state index < -0.39 is 0 Å². The zero-order valence-corrected chi connectivity index (χ0v) is 9.66. The fourth-order valence-corrected chi connectivity index (χ4v) is 2.08. The monoisotopic (exact) mass is 233 g/mol. The van der Waals surface area contributed by atoms with Crippen LogP contribution in [-0.2, 0) is 20.1 Å². The second-order valence-electron chi connectivity index (χ2n) is 3.38. The summed E-state index contributed by atoms with van der Waals surface area (Å²) >= 11 is 1.59. The van der Waals surface area contributed by atoms with Crippen molar-refractivity contribution in [3.8, 4) is 6.07 Å². The molecule has 0 aliphatic heterocycles. The summed E-state index contributed by atoms with van der Waals surface area (Å²) in [7, 11) is 1.91. The molecule has 0 aliphatic rings. The maximum atomic E-state index is 8.68. The van der Waals surface area contributed by atoms with E-state index in [0.29, 0.717) is 6.54 Å². The summed E-state index contributed by atoms with van der Waals surface area (Å²) in [4.78, 5) is 1.15. The van der Waals surface area contributed by atoms with Crippen molar-refractivity contribution in [3.63, 3.8) is 0 Å². The topological polar surface area (TPSA) is 66.5 Å². The highest BCUT2D eigenvalue weighted by molar-refractivity contribution is 7.10. The maximum absolute atomic E-state index is 8.68. The zero-order chi connectivity index (χ0) is 11.4. The van der Waals surface area contributed by atoms with Crippen LogP contribution in [-0.4, -0.2) is 14.8 Å². The van der Waals surface area contributed by atoms with Crippen LogP contribution >= 0.6 is 11.3 Å². The molecule has 0 radical (unpaired) electrons. The quantitative estimate of drug-likeness (QED) is 0.856. The first-order valence-corrected chi connectivity index (χ1v) is 5.68. The Balaban J connectivity index is 1.85. The van der Waals surface area contributed by atoms with E-state index >= 15 is 0 Å². The summed E-state index contributed by atoms with van der Waals surface area (Å²) in [5.74, 6) is 0.900. The molecule has 0 atom stereocenters. The Kier molecular flexibility index (Phi) is 3.29. The van der Waals surface area contributed by atoms with Crippen molar-refractivity contribution < 1.29 is 0 Å². The predicted molar refractivity (Wildman–Crippen MR) is 60.6 cm³/mol. The van der Waals surface area contributed by atoms with Gasteiger partial charge in [0.25, 0.3) is 0 Å². The van der Waals surface area contributed by atoms with Gasteiger partial charge in [-0.15, -0.1) is 21.5 Å². The number of thiophene rings is 1. The summed E-state index contributed by atoms with van der Waals surface area (Å²) in [6, 6.07) is 4.01. The Bertz CT molecular complexity index is 507. The first kappa shape index (κ1) is 10.8. The highest BCUT2D eigenvalue weighted by Gasteiger charge is 2.01. The molecule has 0 aromatic carbocycles. The first-order chi connectivity index (χ1) is 7.79. The minimum absolute atomic E-state index is 0.677. The molecule has 1 N–H and O–H groups in total. The predicted octanol–water partition coefficient (Wildman–Crippen LogP) is 1.04. The Hall–Kier alpha value is -1.71. The van der Waals surface area contributed by atoms with Gasteiger partial charge in [0, 0.05) is 23.8 Å². The van der Waals surface area contributed by atoms with Gasteiger partial charge in [-0.25, -0.2) is 0 Å². The molecule has 0 spiro atoms. The van der Waals surface area contributed by atoms with Crippen LogP contribution in [0.25, 0.3) is 0 Å². The SMILES string of the molecule is Cn1cnnc1CNCc1cc(C#N)cs1. The fourth-order valence-electron chi connectivity index (χ4n) is 1.30. The molecule has 82 valence electrons. The summed E-state index contributed by atoms with van der Waals surface area (Å²) in [6.45, 7) is 1.43. The summed E-state index contributed by atoms with van der Waals surface area (Å²) in [5, 5.41) is 21.6. The molecular formula is C10H11N5S. The van der Waals surface area contributed by atoms with Gasteiger partial charge < -0.3 is 9.88 Å². The molecule has 2 rings (SSSR count). The number of rotatable bonds is 4. The number of aromatic nitrogens is 3. The average Bonchev–Trinajstić information content (AvgIpc) is 2.89. The first-order valence-electron chi connectivity index (χ1n) is 4.80. The number of hydrogen-bond acceptors (Lipinski definition) is 5. The van der Waals surface area contributed by atoms with Crippen LogP contribution < -0.4 is 5.32 Å². The molecule has 2 heterocycles. The van der Waals surface area contributed by atoms with E-state index in [4.69, 9.17) is 5.26 Å². The lowest BCUT2D eigenvalue weighted by molar-refractivity contribution is 0.642. The normalized spacial score (nSPS) is 10.2. The molecule has 2 aromatic heterocycles. The Morgan fingerprint density at radius 1 is 1.56 bits per heavy atom. The van der Waals surface area contributed by atoms with Crippen molar-refractivity contribution >= 4 is 11.3 Å². The lowest BCUT2D eigenvalue weighted by atomic mass is 10.3. The van der Waals surface area contributed by atoms with Gasteiger partial charge in [-0.3, -0.25) is 0 Å². The third-order valence-electron chi connectivity index (χ3n) is 2.17. The van der Waals surface area contributed by atoms with Gasteiger partial charge in [0.2, 0.25) is 0 Å². The number of hydrogen-bond donors (Lipinski definition) is 1. The van der Waals surface area contributed by atoms with Gasteiger partial charge in [-0.05, 0) is 6.07 Å². The lowest BCUT2D eigenvalue weighted by Gasteiger charge is -2.01. The van der Waals surface area contributed by atoms with Gasteiger partial charge in [0.05, 0.1) is 12.1 Å². The van der Waals surface area contributed by atoms with Crippen molar-refractivity contribution in [1.29, 1.82) is 5.26 Å². The molecule has 0 bridgehead atoms. The van der Waals surface area contributed by atoms with E-state index in [1.165, 1.54) is 0 Å². The molecule has 0 unspecified atom stereocenters. The zero-order valence-electron chi connectivity index (χ0n) is 8.84. The van der Waals surface area contributed by atoms with E-state index in [1.54, 1.807) is 17.7 Å². The molecule has 6 heteroatoms. The number of aryl methyl sites for hydroxylation is 1. The molecule has 16 heavy (non-hydrogen) atoms. The Morgan fingerprint density at radius 2 is 2.44 bits per heavy atom. The summed E-state index contributed by atoms with van der Waals surface area (Å²) in [5.41, 5.74) is 0.723. The van der Waals surface area contributed by atoms with Crippen molar-refractivity contribution in [2.24, 2.45) is 7.05 Å². The van der Waals surface area contributed by atoms with Gasteiger partial charge >= 0.3 is 0 Å². The molecule has 0 saturated carbocycles. The molecule has 0 fully saturated rings. The highest BCUT2D eigenvalue weighted by atomic mass is 32.1. The number of nitrogens with one attached hydrogen (secondary N) is 1. The van der Waals surface area contributed by atoms with Crippen LogP contribution in [0.2, 0.25) is 0 Å². The van der Waals surface area contributed by atoms with Crippen molar-refractivity contribution in [2.45, 2.75) is 13.1 Å². The van der Waals surface area contributed by atoms with E-state index in [9.17, 15) is 0 Å². The van der Waals surface area contributed by atoms with Crippen molar-refractivity contribution in [3.05, 3.63) is 34.0 Å². The van der Waals surface area contributed by atoms with Crippen LogP contribution in [0, 0.1) is 11.3 Å². The van der Waals surface area contributed by atoms with Crippen LogP contribution in [0.3, 0.4) is 0 Å². The summed E-state index contributed by atoms with van der Waals surface area (Å²) < 4.78 is 1.88. The van der Waals surface area contributed by atoms with E-state index in [0.717, 1.165) is 22.8 Å². The second kappa shape index (κ2) is 4.88. The molecule has 0 saturated heterocycles. The standard InChI is InChI=1S/C10H11N5S/c1-15-7-13-14-10(15)5-12-4-9-2-8(3-11)6-16-9/h2,6-7,12H,4-5H2,1H3. The Labute approximate surface area is 97.4 Å². The van der Waals surface area contributed by atoms with Crippen LogP contribution in [0.5, 0.6) is 0 Å². The van der Waals surface area contributed by atoms with E-state index in [1.807, 2.05) is 23.1 Å². The van der Waals surface area contributed by atoms with Crippen molar-refractivity contribution in [2.75, 3.05) is 0 Å². The van der Waals surface area contributed by atoms with Crippen LogP contribution in [0.4, 0.5) is 0 Å². The van der Waals surface area contributed by atoms with Gasteiger partial charge in [0.15, 0.2) is 0 Å². The van der Waals surface area contributed by atoms with E-state index in [-0.39, 0.29) is 0 Å². The summed E-state index contributed by atoms with van der Waals surface area (Å²) in [6.07, 6.45) is 1.68. The molecule has 2 aromatic rings. The van der Waals surface area contributed by atoms with E-state index in [2.05, 4.69) is 21.6 Å². The smallest absolute Gasteiger partial charge is 0.146 e. The molecule has 5 nitrogen and oxygen atoms in total. The highest BCUT2D eigenvalue weighted by Crippen LogP contribution is 2.13. The second-order valence-corrected chi connectivity index (χ2v) is 4.37. The van der Waals surface area contributed by atoms with Gasteiger partial charge in [-0.1, -0.05) is 0 Å². The molecular weight excluding hydrogens is 222 g/mol. The average molecular weight is 233 g/mol. The van der Waals surface area contributed by atoms with Crippen molar-refractivity contribution in [1.82, 2.24) is 20.1 Å². The lowest BCUT2D eigenvalue weighted by Crippen LogP contribution is -2.15. The molecule has 0 amide bonds. The third kappa shape index (κ3) is 2.45. The minimum Gasteiger partial charge on any atom is -0.320 e. The minimum atomic E-state index is 0.677. The largest absolute Gasteiger partial charge is 0.320 e. The molecule has 0 aliphatic carbocycles. The Morgan fingerprint density at radius 3 is 3.06 bits per heavy atom. The van der Waals surface area contributed by atoms with Crippen LogP contribution in [0.15, 0.2) is 17.8 Å². The number of nitrogens with zero attached hydrogens (tertiary/aromatic N) is 4. The third-order valence-corrected chi connectivity index (χ3v) is 3.11. The van der Waals surface area contributed by atoms with Gasteiger partial charge in [-0.2, -0.15) is 5.26 Å². The fraction of sp³-hybridized carbons (Fsp3) is 0.300. The maximum Gasteiger partial charge on any atom is 0.146 e. The van der Waals surface area contributed by atoms with Gasteiger partial charge in [0.1, 0.15) is 18.2 Å².